The Morgan fingerprint density at radius 3 is 1.61 bits per heavy atom. The van der Waals surface area contributed by atoms with E-state index in [0.717, 1.165) is 32.2 Å². The minimum atomic E-state index is -0.171. The topological polar surface area (TPSA) is 110 Å². The van der Waals surface area contributed by atoms with E-state index in [0.29, 0.717) is 28.2 Å². The fraction of sp³-hybridized carbons (Fsp3) is 0.103. The molecule has 6 N–H and O–H groups in total. The average Bonchev–Trinajstić information content (AvgIpc) is 2.82. The zero-order valence-electron chi connectivity index (χ0n) is 20.4. The lowest BCUT2D eigenvalue weighted by Gasteiger charge is -2.12. The molecule has 0 radical (unpaired) electrons. The molecule has 7 heteroatoms. The summed E-state index contributed by atoms with van der Waals surface area (Å²) in [5.41, 5.74) is 18.2. The third-order valence-electron chi connectivity index (χ3n) is 5.76. The predicted octanol–water partition coefficient (Wildman–Crippen LogP) is 6.43. The Morgan fingerprint density at radius 2 is 1.11 bits per heavy atom. The third-order valence-corrected chi connectivity index (χ3v) is 6.95. The molecule has 182 valence electrons. The quantitative estimate of drug-likeness (QED) is 0.230. The number of nitrogens with two attached hydrogens (primary N) is 2. The van der Waals surface area contributed by atoms with E-state index in [1.54, 1.807) is 48.2 Å². The van der Waals surface area contributed by atoms with Crippen molar-refractivity contribution in [3.05, 3.63) is 107 Å². The molecule has 0 heterocycles. The highest BCUT2D eigenvalue weighted by Gasteiger charge is 2.12. The van der Waals surface area contributed by atoms with Gasteiger partial charge in [-0.25, -0.2) is 0 Å². The molecule has 4 rings (SSSR count). The van der Waals surface area contributed by atoms with Crippen molar-refractivity contribution < 1.29 is 9.59 Å². The summed E-state index contributed by atoms with van der Waals surface area (Å²) in [6.07, 6.45) is 0. The van der Waals surface area contributed by atoms with Crippen LogP contribution in [0.25, 0.3) is 0 Å². The molecule has 0 spiro atoms. The van der Waals surface area contributed by atoms with Crippen molar-refractivity contribution in [2.75, 3.05) is 22.1 Å². The van der Waals surface area contributed by atoms with Crippen LogP contribution in [-0.4, -0.2) is 11.8 Å². The number of aryl methyl sites for hydroxylation is 3. The molecule has 4 aromatic carbocycles. The standard InChI is InChI=1S/C29H28N4O2S/c1-17-14-20(30)4-11-25(17)28(34)32-22-6-9-24(10-7-22)36-27-13-8-23(16-19(27)3)33-29(35)26-12-5-21(31)15-18(26)2/h4-16H,30-31H2,1-3H3,(H,32,34)(H,33,35). The summed E-state index contributed by atoms with van der Waals surface area (Å²) in [6.45, 7) is 5.74. The first-order valence-electron chi connectivity index (χ1n) is 11.4. The second kappa shape index (κ2) is 10.6. The molecule has 0 saturated carbocycles. The predicted molar refractivity (Wildman–Crippen MR) is 149 cm³/mol. The second-order valence-electron chi connectivity index (χ2n) is 8.66. The number of hydrogen-bond acceptors (Lipinski definition) is 5. The zero-order valence-corrected chi connectivity index (χ0v) is 21.2. The van der Waals surface area contributed by atoms with Crippen LogP contribution in [0.4, 0.5) is 22.7 Å². The molecule has 0 aliphatic carbocycles. The summed E-state index contributed by atoms with van der Waals surface area (Å²) in [5.74, 6) is -0.338. The fourth-order valence-electron chi connectivity index (χ4n) is 3.86. The number of anilines is 4. The lowest BCUT2D eigenvalue weighted by Crippen LogP contribution is -2.13. The van der Waals surface area contributed by atoms with Gasteiger partial charge in [0.2, 0.25) is 0 Å². The average molecular weight is 497 g/mol. The molecular formula is C29H28N4O2S. The number of nitrogens with one attached hydrogen (secondary N) is 2. The Hall–Kier alpha value is -4.23. The molecule has 0 aromatic heterocycles. The Labute approximate surface area is 215 Å². The summed E-state index contributed by atoms with van der Waals surface area (Å²) < 4.78 is 0. The molecule has 4 aromatic rings. The number of benzene rings is 4. The van der Waals surface area contributed by atoms with Crippen LogP contribution in [0.5, 0.6) is 0 Å². The second-order valence-corrected chi connectivity index (χ2v) is 9.78. The van der Waals surface area contributed by atoms with E-state index >= 15 is 0 Å². The molecule has 36 heavy (non-hydrogen) atoms. The number of carbonyl (C=O) groups is 2. The number of hydrogen-bond donors (Lipinski definition) is 4. The Balaban J connectivity index is 1.40. The maximum Gasteiger partial charge on any atom is 0.255 e. The summed E-state index contributed by atoms with van der Waals surface area (Å²) in [7, 11) is 0. The largest absolute Gasteiger partial charge is 0.399 e. The van der Waals surface area contributed by atoms with E-state index in [-0.39, 0.29) is 11.8 Å². The maximum atomic E-state index is 12.7. The van der Waals surface area contributed by atoms with E-state index < -0.39 is 0 Å². The number of rotatable bonds is 6. The Bertz CT molecular complexity index is 1450. The van der Waals surface area contributed by atoms with Crippen LogP contribution in [0.15, 0.2) is 88.7 Å². The third kappa shape index (κ3) is 5.87. The normalized spacial score (nSPS) is 10.6. The monoisotopic (exact) mass is 496 g/mol. The molecule has 0 aliphatic heterocycles. The van der Waals surface area contributed by atoms with E-state index in [1.165, 1.54) is 0 Å². The van der Waals surface area contributed by atoms with Gasteiger partial charge in [0.15, 0.2) is 0 Å². The highest BCUT2D eigenvalue weighted by atomic mass is 32.2. The van der Waals surface area contributed by atoms with Gasteiger partial charge in [0.05, 0.1) is 0 Å². The lowest BCUT2D eigenvalue weighted by molar-refractivity contribution is 0.101. The van der Waals surface area contributed by atoms with Crippen LogP contribution in [0.2, 0.25) is 0 Å². The molecule has 0 fully saturated rings. The minimum absolute atomic E-state index is 0.167. The zero-order chi connectivity index (χ0) is 25.8. The van der Waals surface area contributed by atoms with Crippen molar-refractivity contribution in [2.24, 2.45) is 0 Å². The Morgan fingerprint density at radius 1 is 0.611 bits per heavy atom. The van der Waals surface area contributed by atoms with Crippen LogP contribution in [0.1, 0.15) is 37.4 Å². The van der Waals surface area contributed by atoms with Gasteiger partial charge < -0.3 is 22.1 Å². The first-order valence-corrected chi connectivity index (χ1v) is 12.2. The fourth-order valence-corrected chi connectivity index (χ4v) is 4.74. The molecule has 0 saturated heterocycles. The minimum Gasteiger partial charge on any atom is -0.399 e. The van der Waals surface area contributed by atoms with E-state index in [2.05, 4.69) is 10.6 Å². The molecule has 6 nitrogen and oxygen atoms in total. The first kappa shape index (κ1) is 24.9. The van der Waals surface area contributed by atoms with Crippen LogP contribution in [0, 0.1) is 20.8 Å². The molecular weight excluding hydrogens is 468 g/mol. The molecule has 0 aliphatic rings. The van der Waals surface area contributed by atoms with Gasteiger partial charge in [-0.3, -0.25) is 9.59 Å². The van der Waals surface area contributed by atoms with Crippen LogP contribution in [-0.2, 0) is 0 Å². The molecule has 0 unspecified atom stereocenters. The van der Waals surface area contributed by atoms with Gasteiger partial charge in [0.1, 0.15) is 0 Å². The van der Waals surface area contributed by atoms with Gasteiger partial charge >= 0.3 is 0 Å². The highest BCUT2D eigenvalue weighted by Crippen LogP contribution is 2.32. The highest BCUT2D eigenvalue weighted by molar-refractivity contribution is 7.99. The molecule has 0 bridgehead atoms. The smallest absolute Gasteiger partial charge is 0.255 e. The van der Waals surface area contributed by atoms with Gasteiger partial charge in [-0.15, -0.1) is 0 Å². The van der Waals surface area contributed by atoms with Gasteiger partial charge in [-0.2, -0.15) is 0 Å². The Kier molecular flexibility index (Phi) is 7.31. The van der Waals surface area contributed by atoms with Crippen molar-refractivity contribution in [1.82, 2.24) is 0 Å². The van der Waals surface area contributed by atoms with Gasteiger partial charge in [-0.1, -0.05) is 11.8 Å². The van der Waals surface area contributed by atoms with Crippen LogP contribution in [0.3, 0.4) is 0 Å². The van der Waals surface area contributed by atoms with Crippen molar-refractivity contribution in [3.8, 4) is 0 Å². The van der Waals surface area contributed by atoms with Crippen molar-refractivity contribution >= 4 is 46.3 Å². The van der Waals surface area contributed by atoms with Crippen molar-refractivity contribution in [3.63, 3.8) is 0 Å². The summed E-state index contributed by atoms with van der Waals surface area (Å²) >= 11 is 1.62. The van der Waals surface area contributed by atoms with Gasteiger partial charge in [-0.05, 0) is 116 Å². The first-order chi connectivity index (χ1) is 17.2. The van der Waals surface area contributed by atoms with E-state index in [1.807, 2.05) is 63.2 Å². The maximum absolute atomic E-state index is 12.7. The number of nitrogen functional groups attached to an aromatic ring is 2. The lowest BCUT2D eigenvalue weighted by atomic mass is 10.1. The molecule has 2 amide bonds. The van der Waals surface area contributed by atoms with Crippen molar-refractivity contribution in [1.29, 1.82) is 0 Å². The van der Waals surface area contributed by atoms with E-state index in [9.17, 15) is 9.59 Å². The number of amides is 2. The van der Waals surface area contributed by atoms with E-state index in [4.69, 9.17) is 11.5 Å². The van der Waals surface area contributed by atoms with Gasteiger partial charge in [0.25, 0.3) is 11.8 Å². The van der Waals surface area contributed by atoms with Gasteiger partial charge in [0, 0.05) is 43.7 Å². The van der Waals surface area contributed by atoms with Crippen LogP contribution < -0.4 is 22.1 Å². The summed E-state index contributed by atoms with van der Waals surface area (Å²) in [4.78, 5) is 27.4. The summed E-state index contributed by atoms with van der Waals surface area (Å²) in [6, 6.07) is 24.0. The molecule has 0 atom stereocenters. The van der Waals surface area contributed by atoms with Crippen LogP contribution >= 0.6 is 11.8 Å². The SMILES string of the molecule is Cc1cc(NC(=O)c2ccc(N)cc2C)ccc1Sc1ccc(NC(=O)c2ccc(N)cc2C)cc1. The summed E-state index contributed by atoms with van der Waals surface area (Å²) in [5, 5.41) is 5.89. The van der Waals surface area contributed by atoms with Crippen molar-refractivity contribution in [2.45, 2.75) is 30.6 Å². The number of carbonyl (C=O) groups excluding carboxylic acids is 2.